The molecule has 0 radical (unpaired) electrons. The number of nitrogens with one attached hydrogen (secondary N) is 3. The number of carbonyl (C=O) groups is 2. The number of aryl methyl sites for hydroxylation is 1. The molecule has 3 heterocycles. The van der Waals surface area contributed by atoms with Gasteiger partial charge >= 0.3 is 0 Å². The number of benzene rings is 2. The number of nitrogens with zero attached hydrogens (tertiary/aromatic N) is 2. The van der Waals surface area contributed by atoms with E-state index >= 15 is 0 Å². The van der Waals surface area contributed by atoms with Crippen LogP contribution in [0.1, 0.15) is 22.5 Å². The second kappa shape index (κ2) is 6.58. The topological polar surface area (TPSA) is 99.8 Å². The summed E-state index contributed by atoms with van der Waals surface area (Å²) in [5, 5.41) is 15.9. The molecule has 0 fully saturated rings. The summed E-state index contributed by atoms with van der Waals surface area (Å²) in [5.41, 5.74) is 4.85. The summed E-state index contributed by atoms with van der Waals surface area (Å²) in [6, 6.07) is 13.3. The van der Waals surface area contributed by atoms with Gasteiger partial charge in [0.2, 0.25) is 5.91 Å². The Bertz CT molecular complexity index is 1230. The monoisotopic (exact) mass is 389 g/mol. The SMILES string of the molecule is O=C1CCc2cc(-c3csc(NC(=O)c4n[nH]c5ccccc45)n3)ccc2N1. The Morgan fingerprint density at radius 1 is 1.14 bits per heavy atom. The quantitative estimate of drug-likeness (QED) is 0.496. The molecule has 0 bridgehead atoms. The Labute approximate surface area is 163 Å². The van der Waals surface area contributed by atoms with Crippen molar-refractivity contribution in [1.29, 1.82) is 0 Å². The molecule has 4 aromatic rings. The molecule has 0 saturated carbocycles. The molecule has 8 heteroatoms. The Morgan fingerprint density at radius 3 is 2.96 bits per heavy atom. The average Bonchev–Trinajstić information content (AvgIpc) is 3.34. The summed E-state index contributed by atoms with van der Waals surface area (Å²) in [4.78, 5) is 28.6. The molecule has 2 aromatic carbocycles. The van der Waals surface area contributed by atoms with Crippen LogP contribution in [0.25, 0.3) is 22.2 Å². The van der Waals surface area contributed by atoms with Gasteiger partial charge < -0.3 is 5.32 Å². The van der Waals surface area contributed by atoms with Crippen molar-refractivity contribution in [2.45, 2.75) is 12.8 Å². The summed E-state index contributed by atoms with van der Waals surface area (Å²) >= 11 is 1.36. The van der Waals surface area contributed by atoms with Crippen LogP contribution in [0.3, 0.4) is 0 Å². The average molecular weight is 389 g/mol. The van der Waals surface area contributed by atoms with E-state index in [-0.39, 0.29) is 11.8 Å². The molecule has 138 valence electrons. The minimum atomic E-state index is -0.300. The van der Waals surface area contributed by atoms with Crippen LogP contribution in [0, 0.1) is 0 Å². The Kier molecular flexibility index (Phi) is 3.91. The third kappa shape index (κ3) is 2.93. The summed E-state index contributed by atoms with van der Waals surface area (Å²) in [6.07, 6.45) is 1.21. The van der Waals surface area contributed by atoms with E-state index in [1.807, 2.05) is 47.8 Å². The molecular weight excluding hydrogens is 374 g/mol. The van der Waals surface area contributed by atoms with Crippen LogP contribution in [0.15, 0.2) is 47.8 Å². The maximum atomic E-state index is 12.6. The maximum absolute atomic E-state index is 12.6. The normalized spacial score (nSPS) is 13.2. The van der Waals surface area contributed by atoms with Crippen molar-refractivity contribution < 1.29 is 9.59 Å². The maximum Gasteiger partial charge on any atom is 0.278 e. The van der Waals surface area contributed by atoms with Crippen LogP contribution in [0.4, 0.5) is 10.8 Å². The third-order valence-corrected chi connectivity index (χ3v) is 5.46. The molecule has 0 atom stereocenters. The lowest BCUT2D eigenvalue weighted by atomic mass is 9.99. The zero-order chi connectivity index (χ0) is 19.1. The number of thiazole rings is 1. The summed E-state index contributed by atoms with van der Waals surface area (Å²) in [7, 11) is 0. The Balaban J connectivity index is 1.38. The van der Waals surface area contributed by atoms with E-state index in [1.165, 1.54) is 11.3 Å². The molecule has 2 aromatic heterocycles. The van der Waals surface area contributed by atoms with Crippen molar-refractivity contribution in [3.63, 3.8) is 0 Å². The van der Waals surface area contributed by atoms with Crippen LogP contribution in [0.5, 0.6) is 0 Å². The molecule has 0 saturated heterocycles. The minimum Gasteiger partial charge on any atom is -0.326 e. The van der Waals surface area contributed by atoms with Gasteiger partial charge in [-0.2, -0.15) is 5.10 Å². The van der Waals surface area contributed by atoms with Crippen LogP contribution in [-0.2, 0) is 11.2 Å². The predicted octanol–water partition coefficient (Wildman–Crippen LogP) is 3.82. The predicted molar refractivity (Wildman–Crippen MR) is 109 cm³/mol. The standard InChI is InChI=1S/C20H15N5O2S/c26-17-8-6-11-9-12(5-7-14(11)21-17)16-10-28-20(22-16)23-19(27)18-13-3-1-2-4-15(13)24-25-18/h1-5,7,9-10H,6,8H2,(H,21,26)(H,24,25)(H,22,23,27). The zero-order valence-electron chi connectivity index (χ0n) is 14.7. The first-order valence-corrected chi connectivity index (χ1v) is 9.68. The van der Waals surface area contributed by atoms with E-state index in [1.54, 1.807) is 0 Å². The number of hydrogen-bond donors (Lipinski definition) is 3. The highest BCUT2D eigenvalue weighted by Crippen LogP contribution is 2.31. The van der Waals surface area contributed by atoms with Gasteiger partial charge in [-0.3, -0.25) is 20.0 Å². The molecule has 5 rings (SSSR count). The molecule has 0 aliphatic carbocycles. The van der Waals surface area contributed by atoms with Crippen LogP contribution in [-0.4, -0.2) is 27.0 Å². The van der Waals surface area contributed by atoms with E-state index in [4.69, 9.17) is 0 Å². The van der Waals surface area contributed by atoms with E-state index in [0.29, 0.717) is 17.2 Å². The minimum absolute atomic E-state index is 0.0461. The summed E-state index contributed by atoms with van der Waals surface area (Å²) < 4.78 is 0. The lowest BCUT2D eigenvalue weighted by Gasteiger charge is -2.17. The highest BCUT2D eigenvalue weighted by atomic mass is 32.1. The van der Waals surface area contributed by atoms with Gasteiger partial charge in [-0.25, -0.2) is 4.98 Å². The van der Waals surface area contributed by atoms with Gasteiger partial charge in [0.1, 0.15) is 0 Å². The molecule has 1 aliphatic heterocycles. The second-order valence-electron chi connectivity index (χ2n) is 6.53. The van der Waals surface area contributed by atoms with E-state index in [0.717, 1.165) is 39.8 Å². The number of H-pyrrole nitrogens is 1. The van der Waals surface area contributed by atoms with Crippen molar-refractivity contribution >= 4 is 44.9 Å². The number of aromatic amines is 1. The van der Waals surface area contributed by atoms with Gasteiger partial charge in [-0.1, -0.05) is 24.3 Å². The Morgan fingerprint density at radius 2 is 2.04 bits per heavy atom. The molecule has 28 heavy (non-hydrogen) atoms. The lowest BCUT2D eigenvalue weighted by molar-refractivity contribution is -0.116. The fourth-order valence-corrected chi connectivity index (χ4v) is 4.01. The van der Waals surface area contributed by atoms with E-state index < -0.39 is 0 Å². The third-order valence-electron chi connectivity index (χ3n) is 4.71. The number of carbonyl (C=O) groups excluding carboxylic acids is 2. The lowest BCUT2D eigenvalue weighted by Crippen LogP contribution is -2.18. The number of fused-ring (bicyclic) bond motifs is 2. The number of aromatic nitrogens is 3. The zero-order valence-corrected chi connectivity index (χ0v) is 15.5. The van der Waals surface area contributed by atoms with Gasteiger partial charge in [-0.15, -0.1) is 11.3 Å². The van der Waals surface area contributed by atoms with Gasteiger partial charge in [0, 0.05) is 28.4 Å². The van der Waals surface area contributed by atoms with E-state index in [2.05, 4.69) is 25.8 Å². The molecule has 3 N–H and O–H groups in total. The van der Waals surface area contributed by atoms with Gasteiger partial charge in [0.15, 0.2) is 10.8 Å². The number of hydrogen-bond acceptors (Lipinski definition) is 5. The van der Waals surface area contributed by atoms with Crippen molar-refractivity contribution in [2.75, 3.05) is 10.6 Å². The molecule has 1 aliphatic rings. The summed E-state index contributed by atoms with van der Waals surface area (Å²) in [6.45, 7) is 0. The smallest absolute Gasteiger partial charge is 0.278 e. The number of rotatable bonds is 3. The molecule has 7 nitrogen and oxygen atoms in total. The fourth-order valence-electron chi connectivity index (χ4n) is 3.30. The van der Waals surface area contributed by atoms with Crippen LogP contribution < -0.4 is 10.6 Å². The number of para-hydroxylation sites is 1. The molecule has 0 spiro atoms. The molecule has 2 amide bonds. The number of amides is 2. The van der Waals surface area contributed by atoms with Crippen molar-refractivity contribution in [2.24, 2.45) is 0 Å². The molecular formula is C20H15N5O2S. The fraction of sp³-hybridized carbons (Fsp3) is 0.100. The number of anilines is 2. The largest absolute Gasteiger partial charge is 0.326 e. The summed E-state index contributed by atoms with van der Waals surface area (Å²) in [5.74, 6) is -0.253. The first-order valence-electron chi connectivity index (χ1n) is 8.80. The highest BCUT2D eigenvalue weighted by Gasteiger charge is 2.18. The first-order chi connectivity index (χ1) is 13.7. The van der Waals surface area contributed by atoms with Crippen molar-refractivity contribution in [3.05, 3.63) is 59.1 Å². The van der Waals surface area contributed by atoms with E-state index in [9.17, 15) is 9.59 Å². The second-order valence-corrected chi connectivity index (χ2v) is 7.39. The van der Waals surface area contributed by atoms with Crippen LogP contribution >= 0.6 is 11.3 Å². The highest BCUT2D eigenvalue weighted by molar-refractivity contribution is 7.14. The Hall–Kier alpha value is -3.52. The van der Waals surface area contributed by atoms with Crippen molar-refractivity contribution in [1.82, 2.24) is 15.2 Å². The van der Waals surface area contributed by atoms with Crippen molar-refractivity contribution in [3.8, 4) is 11.3 Å². The van der Waals surface area contributed by atoms with Gasteiger partial charge in [-0.05, 0) is 30.2 Å². The molecule has 0 unspecified atom stereocenters. The first kappa shape index (κ1) is 16.6. The van der Waals surface area contributed by atoms with Crippen LogP contribution in [0.2, 0.25) is 0 Å². The van der Waals surface area contributed by atoms with Gasteiger partial charge in [0.05, 0.1) is 11.2 Å². The van der Waals surface area contributed by atoms with Gasteiger partial charge in [0.25, 0.3) is 5.91 Å².